The zero-order valence-electron chi connectivity index (χ0n) is 9.81. The molecule has 0 aliphatic heterocycles. The van der Waals surface area contributed by atoms with E-state index < -0.39 is 0 Å². The molecule has 0 unspecified atom stereocenters. The molecule has 0 heterocycles. The van der Waals surface area contributed by atoms with E-state index in [1.165, 1.54) is 0 Å². The Morgan fingerprint density at radius 2 is 1.67 bits per heavy atom. The van der Waals surface area contributed by atoms with Crippen molar-refractivity contribution >= 4 is 38.8 Å². The average Bonchev–Trinajstić information content (AvgIpc) is 2.41. The molecule has 0 atom stereocenters. The molecule has 0 spiro atoms. The molecular weight excluding hydrogens is 310 g/mol. The lowest BCUT2D eigenvalue weighted by Gasteiger charge is -2.08. The number of thiocarbonyl (C=S) groups is 1. The molecule has 2 aromatic rings. The largest absolute Gasteiger partial charge is 0.497 e. The standard InChI is InChI=1S/C14H12BrNOS/c1-17-13-8-2-10(3-9-13)14(18)16-12-6-4-11(15)5-7-12/h2-9H,1H3,(H,16,18). The maximum atomic E-state index is 5.35. The Labute approximate surface area is 120 Å². The highest BCUT2D eigenvalue weighted by molar-refractivity contribution is 9.10. The summed E-state index contributed by atoms with van der Waals surface area (Å²) in [5, 5.41) is 3.19. The minimum absolute atomic E-state index is 0.694. The Morgan fingerprint density at radius 3 is 2.22 bits per heavy atom. The molecule has 0 aromatic heterocycles. The van der Waals surface area contributed by atoms with E-state index in [9.17, 15) is 0 Å². The van der Waals surface area contributed by atoms with Gasteiger partial charge in [-0.25, -0.2) is 0 Å². The highest BCUT2D eigenvalue weighted by Gasteiger charge is 2.02. The molecule has 4 heteroatoms. The zero-order valence-corrected chi connectivity index (χ0v) is 12.2. The fourth-order valence-electron chi connectivity index (χ4n) is 1.48. The van der Waals surface area contributed by atoms with E-state index in [0.29, 0.717) is 4.99 Å². The van der Waals surface area contributed by atoms with E-state index >= 15 is 0 Å². The van der Waals surface area contributed by atoms with E-state index in [1.807, 2.05) is 48.5 Å². The highest BCUT2D eigenvalue weighted by atomic mass is 79.9. The molecule has 0 amide bonds. The lowest BCUT2D eigenvalue weighted by atomic mass is 10.2. The first-order valence-corrected chi connectivity index (χ1v) is 6.60. The van der Waals surface area contributed by atoms with Gasteiger partial charge in [0.05, 0.1) is 7.11 Å². The monoisotopic (exact) mass is 321 g/mol. The van der Waals surface area contributed by atoms with Gasteiger partial charge in [-0.3, -0.25) is 0 Å². The quantitative estimate of drug-likeness (QED) is 0.854. The molecule has 1 N–H and O–H groups in total. The topological polar surface area (TPSA) is 21.3 Å². The first-order valence-electron chi connectivity index (χ1n) is 5.40. The summed E-state index contributed by atoms with van der Waals surface area (Å²) in [6.07, 6.45) is 0. The van der Waals surface area contributed by atoms with Gasteiger partial charge in [-0.05, 0) is 48.5 Å². The lowest BCUT2D eigenvalue weighted by molar-refractivity contribution is 0.415. The van der Waals surface area contributed by atoms with Gasteiger partial charge in [0.15, 0.2) is 0 Å². The van der Waals surface area contributed by atoms with E-state index in [4.69, 9.17) is 17.0 Å². The molecule has 0 radical (unpaired) electrons. The number of halogens is 1. The molecule has 18 heavy (non-hydrogen) atoms. The normalized spacial score (nSPS) is 9.89. The van der Waals surface area contributed by atoms with Gasteiger partial charge < -0.3 is 10.1 Å². The molecule has 2 aromatic carbocycles. The van der Waals surface area contributed by atoms with Crippen molar-refractivity contribution in [2.75, 3.05) is 12.4 Å². The van der Waals surface area contributed by atoms with Crippen molar-refractivity contribution in [2.24, 2.45) is 0 Å². The molecular formula is C14H12BrNOS. The van der Waals surface area contributed by atoms with Crippen molar-refractivity contribution in [3.05, 3.63) is 58.6 Å². The van der Waals surface area contributed by atoms with Crippen LogP contribution in [0.15, 0.2) is 53.0 Å². The predicted molar refractivity (Wildman–Crippen MR) is 82.5 cm³/mol. The van der Waals surface area contributed by atoms with E-state index in [0.717, 1.165) is 21.5 Å². The van der Waals surface area contributed by atoms with Crippen molar-refractivity contribution < 1.29 is 4.74 Å². The Kier molecular flexibility index (Phi) is 4.33. The summed E-state index contributed by atoms with van der Waals surface area (Å²) in [7, 11) is 1.65. The third-order valence-corrected chi connectivity index (χ3v) is 3.32. The number of ether oxygens (including phenoxy) is 1. The average molecular weight is 322 g/mol. The summed E-state index contributed by atoms with van der Waals surface area (Å²) in [5.74, 6) is 0.824. The number of rotatable bonds is 3. The van der Waals surface area contributed by atoms with Crippen molar-refractivity contribution in [3.63, 3.8) is 0 Å². The second-order valence-corrected chi connectivity index (χ2v) is 5.01. The molecule has 0 aliphatic rings. The lowest BCUT2D eigenvalue weighted by Crippen LogP contribution is -2.10. The van der Waals surface area contributed by atoms with Crippen LogP contribution in [0.4, 0.5) is 5.69 Å². The second-order valence-electron chi connectivity index (χ2n) is 3.69. The van der Waals surface area contributed by atoms with Gasteiger partial charge in [0.2, 0.25) is 0 Å². The van der Waals surface area contributed by atoms with Gasteiger partial charge in [0.1, 0.15) is 10.7 Å². The van der Waals surface area contributed by atoms with E-state index in [2.05, 4.69) is 21.2 Å². The molecule has 0 fully saturated rings. The van der Waals surface area contributed by atoms with Crippen LogP contribution in [0.5, 0.6) is 5.75 Å². The number of hydrogen-bond acceptors (Lipinski definition) is 2. The van der Waals surface area contributed by atoms with E-state index in [1.54, 1.807) is 7.11 Å². The summed E-state index contributed by atoms with van der Waals surface area (Å²) in [6, 6.07) is 15.5. The van der Waals surface area contributed by atoms with Crippen LogP contribution in [0.3, 0.4) is 0 Å². The first-order chi connectivity index (χ1) is 8.69. The van der Waals surface area contributed by atoms with Crippen LogP contribution in [0.2, 0.25) is 0 Å². The predicted octanol–water partition coefficient (Wildman–Crippen LogP) is 4.25. The van der Waals surface area contributed by atoms with Gasteiger partial charge in [0.25, 0.3) is 0 Å². The summed E-state index contributed by atoms with van der Waals surface area (Å²) in [5.41, 5.74) is 1.94. The maximum Gasteiger partial charge on any atom is 0.118 e. The van der Waals surface area contributed by atoms with E-state index in [-0.39, 0.29) is 0 Å². The van der Waals surface area contributed by atoms with Crippen molar-refractivity contribution in [2.45, 2.75) is 0 Å². The van der Waals surface area contributed by atoms with Crippen LogP contribution in [0, 0.1) is 0 Å². The molecule has 0 saturated carbocycles. The van der Waals surface area contributed by atoms with Gasteiger partial charge in [0, 0.05) is 15.7 Å². The fraction of sp³-hybridized carbons (Fsp3) is 0.0714. The highest BCUT2D eigenvalue weighted by Crippen LogP contribution is 2.17. The van der Waals surface area contributed by atoms with Crippen LogP contribution >= 0.6 is 28.1 Å². The number of anilines is 1. The minimum atomic E-state index is 0.694. The summed E-state index contributed by atoms with van der Waals surface area (Å²) in [6.45, 7) is 0. The Balaban J connectivity index is 2.09. The third kappa shape index (κ3) is 3.31. The molecule has 0 saturated heterocycles. The van der Waals surface area contributed by atoms with Crippen molar-refractivity contribution in [3.8, 4) is 5.75 Å². The molecule has 92 valence electrons. The Morgan fingerprint density at radius 1 is 1.06 bits per heavy atom. The number of benzene rings is 2. The Hall–Kier alpha value is -1.39. The summed E-state index contributed by atoms with van der Waals surface area (Å²) < 4.78 is 6.16. The third-order valence-electron chi connectivity index (χ3n) is 2.45. The molecule has 0 aliphatic carbocycles. The maximum absolute atomic E-state index is 5.35. The van der Waals surface area contributed by atoms with Gasteiger partial charge >= 0.3 is 0 Å². The summed E-state index contributed by atoms with van der Waals surface area (Å²) in [4.78, 5) is 0.694. The molecule has 0 bridgehead atoms. The van der Waals surface area contributed by atoms with Crippen molar-refractivity contribution in [1.29, 1.82) is 0 Å². The van der Waals surface area contributed by atoms with Crippen LogP contribution in [-0.4, -0.2) is 12.1 Å². The number of methoxy groups -OCH3 is 1. The smallest absolute Gasteiger partial charge is 0.118 e. The number of nitrogens with one attached hydrogen (secondary N) is 1. The van der Waals surface area contributed by atoms with Gasteiger partial charge in [-0.1, -0.05) is 28.1 Å². The van der Waals surface area contributed by atoms with Crippen LogP contribution < -0.4 is 10.1 Å². The Bertz CT molecular complexity index is 537. The molecule has 2 nitrogen and oxygen atoms in total. The van der Waals surface area contributed by atoms with Gasteiger partial charge in [-0.15, -0.1) is 0 Å². The summed E-state index contributed by atoms with van der Waals surface area (Å²) >= 11 is 8.75. The molecule has 2 rings (SSSR count). The first kappa shape index (κ1) is 13.1. The van der Waals surface area contributed by atoms with Crippen LogP contribution in [-0.2, 0) is 0 Å². The fourth-order valence-corrected chi connectivity index (χ4v) is 2.00. The number of hydrogen-bond donors (Lipinski definition) is 1. The van der Waals surface area contributed by atoms with Crippen molar-refractivity contribution in [1.82, 2.24) is 0 Å². The van der Waals surface area contributed by atoms with Crippen LogP contribution in [0.1, 0.15) is 5.56 Å². The van der Waals surface area contributed by atoms with Crippen LogP contribution in [0.25, 0.3) is 0 Å². The second kappa shape index (κ2) is 5.98. The van der Waals surface area contributed by atoms with Gasteiger partial charge in [-0.2, -0.15) is 0 Å². The minimum Gasteiger partial charge on any atom is -0.497 e. The SMILES string of the molecule is COc1ccc(C(=S)Nc2ccc(Br)cc2)cc1. The zero-order chi connectivity index (χ0) is 13.0.